The number of phosphoric ester groups is 2. The molecule has 10 N–H and O–H groups in total. The lowest BCUT2D eigenvalue weighted by atomic mass is 9.96. The topological polar surface area (TPSA) is 312 Å². The minimum atomic E-state index is -5.58. The van der Waals surface area contributed by atoms with E-state index in [1.54, 1.807) is 0 Å². The number of nitrogens with zero attached hydrogens (tertiary/aromatic N) is 4. The predicted molar refractivity (Wildman–Crippen MR) is 122 cm³/mol. The Morgan fingerprint density at radius 2 is 1.79 bits per heavy atom. The number of aromatic nitrogens is 4. The third kappa shape index (κ3) is 6.62. The largest absolute Gasteiger partial charge is 0.483 e. The summed E-state index contributed by atoms with van der Waals surface area (Å²) in [5.41, 5.74) is 6.25. The zero-order valence-corrected chi connectivity index (χ0v) is 21.5. The number of phosphoric acid groups is 2. The van der Waals surface area contributed by atoms with E-state index in [0.29, 0.717) is 0 Å². The van der Waals surface area contributed by atoms with Crippen LogP contribution in [0.2, 0.25) is 0 Å². The van der Waals surface area contributed by atoms with Crippen molar-refractivity contribution in [2.45, 2.75) is 61.7 Å². The van der Waals surface area contributed by atoms with Crippen LogP contribution in [0.1, 0.15) is 12.6 Å². The van der Waals surface area contributed by atoms with Gasteiger partial charge >= 0.3 is 15.6 Å². The first-order chi connectivity index (χ1) is 18.2. The highest BCUT2D eigenvalue weighted by Gasteiger charge is 2.50. The van der Waals surface area contributed by atoms with Gasteiger partial charge in [0.25, 0.3) is 0 Å². The van der Waals surface area contributed by atoms with E-state index in [1.807, 2.05) is 0 Å². The normalized spacial score (nSPS) is 35.5. The lowest BCUT2D eigenvalue weighted by molar-refractivity contribution is -0.292. The van der Waals surface area contributed by atoms with Crippen LogP contribution in [0.4, 0.5) is 5.82 Å². The number of imidazole rings is 1. The van der Waals surface area contributed by atoms with Gasteiger partial charge in [-0.2, -0.15) is 4.31 Å². The molecule has 2 aliphatic heterocycles. The Bertz CT molecular complexity index is 1250. The first kappa shape index (κ1) is 30.3. The standard InChI is InChI=1S/C17H27N5O15P2/c18-14-9-15(20-4-19-14)22(5-21-9)16-7(24)1-6(34-16)3-33-38(29,30)37-39(31,32)36-17-12(28)10(26)11(27)13(35-17)8(25)2-23/h4-8,10-13,16-17,23-28H,1-3H2,(H,29,30)(H,31,32)(H2,18,19,20)/t6-,7+,8-,10?,11?,12?,13?,16?,17?/m0/s1. The second-order valence-electron chi connectivity index (χ2n) is 8.65. The van der Waals surface area contributed by atoms with Gasteiger partial charge in [0.2, 0.25) is 0 Å². The van der Waals surface area contributed by atoms with Gasteiger partial charge in [0.1, 0.15) is 48.5 Å². The monoisotopic (exact) mass is 603 g/mol. The molecule has 39 heavy (non-hydrogen) atoms. The molecule has 0 bridgehead atoms. The van der Waals surface area contributed by atoms with Gasteiger partial charge < -0.3 is 55.6 Å². The van der Waals surface area contributed by atoms with Crippen LogP contribution < -0.4 is 5.73 Å². The van der Waals surface area contributed by atoms with Crippen molar-refractivity contribution in [1.82, 2.24) is 19.5 Å². The van der Waals surface area contributed by atoms with Crippen LogP contribution in [0.25, 0.3) is 11.2 Å². The molecule has 0 aliphatic carbocycles. The average Bonchev–Trinajstić information content (AvgIpc) is 3.45. The van der Waals surface area contributed by atoms with Crippen LogP contribution in [0.5, 0.6) is 0 Å². The summed E-state index contributed by atoms with van der Waals surface area (Å²) in [7, 11) is -10.9. The first-order valence-electron chi connectivity index (χ1n) is 11.2. The van der Waals surface area contributed by atoms with E-state index >= 15 is 0 Å². The van der Waals surface area contributed by atoms with E-state index in [1.165, 1.54) is 17.2 Å². The Balaban J connectivity index is 1.35. The number of aliphatic hydroxyl groups excluding tert-OH is 6. The van der Waals surface area contributed by atoms with Crippen molar-refractivity contribution in [2.24, 2.45) is 0 Å². The Hall–Kier alpha value is -1.71. The summed E-state index contributed by atoms with van der Waals surface area (Å²) in [4.78, 5) is 31.8. The van der Waals surface area contributed by atoms with E-state index < -0.39 is 84.1 Å². The van der Waals surface area contributed by atoms with E-state index in [2.05, 4.69) is 23.8 Å². The van der Waals surface area contributed by atoms with Gasteiger partial charge in [-0.1, -0.05) is 0 Å². The molecule has 2 aromatic rings. The fourth-order valence-electron chi connectivity index (χ4n) is 4.01. The van der Waals surface area contributed by atoms with Crippen molar-refractivity contribution in [2.75, 3.05) is 18.9 Å². The van der Waals surface area contributed by atoms with Crippen molar-refractivity contribution < 1.29 is 72.4 Å². The molecule has 0 amide bonds. The summed E-state index contributed by atoms with van der Waals surface area (Å²) < 4.78 is 50.0. The fraction of sp³-hybridized carbons (Fsp3) is 0.706. The Labute approximate surface area is 218 Å². The molecule has 0 saturated carbocycles. The molecule has 11 atom stereocenters. The van der Waals surface area contributed by atoms with Crippen molar-refractivity contribution in [3.8, 4) is 0 Å². The van der Waals surface area contributed by atoms with Crippen molar-refractivity contribution >= 4 is 32.6 Å². The van der Waals surface area contributed by atoms with Gasteiger partial charge in [0.05, 0.1) is 25.6 Å². The highest BCUT2D eigenvalue weighted by molar-refractivity contribution is 7.61. The molecule has 4 heterocycles. The lowest BCUT2D eigenvalue weighted by Crippen LogP contribution is -2.61. The van der Waals surface area contributed by atoms with Crippen LogP contribution in [-0.4, -0.2) is 122 Å². The molecule has 22 heteroatoms. The Morgan fingerprint density at radius 3 is 2.49 bits per heavy atom. The van der Waals surface area contributed by atoms with Crippen molar-refractivity contribution in [3.05, 3.63) is 12.7 Å². The number of fused-ring (bicyclic) bond motifs is 1. The predicted octanol–water partition coefficient (Wildman–Crippen LogP) is -3.53. The molecular formula is C17H27N5O15P2. The Morgan fingerprint density at radius 1 is 1.08 bits per heavy atom. The molecule has 220 valence electrons. The van der Waals surface area contributed by atoms with Crippen LogP contribution in [0, 0.1) is 0 Å². The quantitative estimate of drug-likeness (QED) is 0.119. The SMILES string of the molecule is Nc1ncnc2c1ncn2C1O[C@H](COP(=O)(O)OP(=O)(O)OC2OC([C@@H](O)CO)C(O)C(O)C2O)C[C@H]1O. The zero-order valence-electron chi connectivity index (χ0n) is 19.7. The second kappa shape index (κ2) is 11.6. The molecule has 2 aliphatic rings. The van der Waals surface area contributed by atoms with Crippen LogP contribution >= 0.6 is 15.6 Å². The minimum Gasteiger partial charge on any atom is -0.394 e. The molecule has 20 nitrogen and oxygen atoms in total. The summed E-state index contributed by atoms with van der Waals surface area (Å²) >= 11 is 0. The summed E-state index contributed by atoms with van der Waals surface area (Å²) in [6, 6.07) is 0. The molecule has 2 fully saturated rings. The zero-order chi connectivity index (χ0) is 28.7. The van der Waals surface area contributed by atoms with Gasteiger partial charge in [-0.15, -0.1) is 0 Å². The average molecular weight is 603 g/mol. The maximum atomic E-state index is 12.3. The van der Waals surface area contributed by atoms with Crippen molar-refractivity contribution in [3.63, 3.8) is 0 Å². The molecule has 4 rings (SSSR count). The van der Waals surface area contributed by atoms with E-state index in [9.17, 15) is 44.4 Å². The number of hydrogen-bond donors (Lipinski definition) is 9. The third-order valence-electron chi connectivity index (χ3n) is 5.87. The number of ether oxygens (including phenoxy) is 2. The fourth-order valence-corrected chi connectivity index (χ4v) is 6.19. The first-order valence-corrected chi connectivity index (χ1v) is 14.2. The Kier molecular flexibility index (Phi) is 9.04. The maximum Gasteiger partial charge on any atom is 0.483 e. The molecule has 0 aromatic carbocycles. The van der Waals surface area contributed by atoms with E-state index in [4.69, 9.17) is 24.8 Å². The van der Waals surface area contributed by atoms with Crippen LogP contribution in [0.3, 0.4) is 0 Å². The van der Waals surface area contributed by atoms with Gasteiger partial charge in [-0.25, -0.2) is 24.1 Å². The molecule has 0 spiro atoms. The molecule has 0 radical (unpaired) electrons. The number of anilines is 1. The summed E-state index contributed by atoms with van der Waals surface area (Å²) in [6.07, 6.45) is -12.8. The van der Waals surface area contributed by atoms with Crippen LogP contribution in [0.15, 0.2) is 12.7 Å². The highest BCUT2D eigenvalue weighted by Crippen LogP contribution is 2.61. The summed E-state index contributed by atoms with van der Waals surface area (Å²) in [6.45, 7) is -1.66. The number of nitrogen functional groups attached to an aromatic ring is 1. The smallest absolute Gasteiger partial charge is 0.394 e. The van der Waals surface area contributed by atoms with E-state index in [0.717, 1.165) is 0 Å². The van der Waals surface area contributed by atoms with Gasteiger partial charge in [0, 0.05) is 6.42 Å². The summed E-state index contributed by atoms with van der Waals surface area (Å²) in [5.74, 6) is 0.0945. The minimum absolute atomic E-state index is 0.0945. The third-order valence-corrected chi connectivity index (χ3v) is 8.47. The second-order valence-corrected chi connectivity index (χ2v) is 11.6. The number of aliphatic hydroxyl groups is 6. The molecule has 2 saturated heterocycles. The molecular weight excluding hydrogens is 576 g/mol. The van der Waals surface area contributed by atoms with Gasteiger partial charge in [-0.05, 0) is 0 Å². The number of hydrogen-bond acceptors (Lipinski definition) is 17. The highest BCUT2D eigenvalue weighted by atomic mass is 31.3. The van der Waals surface area contributed by atoms with Crippen LogP contribution in [-0.2, 0) is 32.0 Å². The maximum absolute atomic E-state index is 12.3. The van der Waals surface area contributed by atoms with Gasteiger partial charge in [-0.3, -0.25) is 13.6 Å². The molecule has 8 unspecified atom stereocenters. The van der Waals surface area contributed by atoms with Crippen molar-refractivity contribution in [1.29, 1.82) is 0 Å². The number of nitrogens with two attached hydrogens (primary N) is 1. The van der Waals surface area contributed by atoms with Gasteiger partial charge in [0.15, 0.2) is 24.0 Å². The number of rotatable bonds is 10. The molecule has 2 aromatic heterocycles. The summed E-state index contributed by atoms with van der Waals surface area (Å²) in [5, 5.41) is 58.9. The van der Waals surface area contributed by atoms with E-state index in [-0.39, 0.29) is 23.4 Å². The lowest BCUT2D eigenvalue weighted by Gasteiger charge is -2.41.